The molecule has 2 aromatic carbocycles. The predicted molar refractivity (Wildman–Crippen MR) is 103 cm³/mol. The Morgan fingerprint density at radius 1 is 0.920 bits per heavy atom. The first kappa shape index (κ1) is 17.0. The molecule has 0 atom stereocenters. The maximum atomic E-state index is 12.5. The van der Waals surface area contributed by atoms with Crippen LogP contribution < -0.4 is 10.6 Å². The van der Waals surface area contributed by atoms with Crippen molar-refractivity contribution in [3.63, 3.8) is 0 Å². The third kappa shape index (κ3) is 4.37. The van der Waals surface area contributed by atoms with Gasteiger partial charge in [0.05, 0.1) is 17.4 Å². The summed E-state index contributed by atoms with van der Waals surface area (Å²) in [6.07, 6.45) is 3.20. The molecule has 2 N–H and O–H groups in total. The normalized spacial score (nSPS) is 10.4. The van der Waals surface area contributed by atoms with Gasteiger partial charge in [0.1, 0.15) is 0 Å². The number of rotatable bonds is 4. The largest absolute Gasteiger partial charge is 0.354 e. The molecule has 25 heavy (non-hydrogen) atoms. The van der Waals surface area contributed by atoms with Gasteiger partial charge in [-0.1, -0.05) is 23.7 Å². The van der Waals surface area contributed by atoms with E-state index in [9.17, 15) is 4.79 Å². The van der Waals surface area contributed by atoms with Crippen LogP contribution in [0.25, 0.3) is 0 Å². The van der Waals surface area contributed by atoms with E-state index in [1.165, 1.54) is 5.56 Å². The first-order valence-electron chi connectivity index (χ1n) is 7.87. The molecule has 0 radical (unpaired) electrons. The van der Waals surface area contributed by atoms with E-state index in [2.05, 4.69) is 15.6 Å². The summed E-state index contributed by atoms with van der Waals surface area (Å²) in [5.41, 5.74) is 5.11. The number of aromatic nitrogens is 1. The number of halogens is 1. The van der Waals surface area contributed by atoms with Gasteiger partial charge in [-0.05, 0) is 61.4 Å². The van der Waals surface area contributed by atoms with Crippen LogP contribution in [0.2, 0.25) is 5.02 Å². The lowest BCUT2D eigenvalue weighted by Gasteiger charge is -2.10. The second-order valence-corrected chi connectivity index (χ2v) is 6.29. The quantitative estimate of drug-likeness (QED) is 0.666. The van der Waals surface area contributed by atoms with Crippen LogP contribution in [-0.2, 0) is 0 Å². The Kier molecular flexibility index (Phi) is 5.00. The highest BCUT2D eigenvalue weighted by Gasteiger charge is 2.08. The minimum absolute atomic E-state index is 0.203. The Labute approximate surface area is 151 Å². The fraction of sp³-hybridized carbons (Fsp3) is 0.100. The second-order valence-electron chi connectivity index (χ2n) is 5.85. The van der Waals surface area contributed by atoms with Crippen molar-refractivity contribution in [3.05, 3.63) is 82.6 Å². The van der Waals surface area contributed by atoms with Gasteiger partial charge in [-0.2, -0.15) is 0 Å². The minimum atomic E-state index is -0.203. The van der Waals surface area contributed by atoms with Crippen molar-refractivity contribution < 1.29 is 4.79 Å². The van der Waals surface area contributed by atoms with Crippen LogP contribution in [0, 0.1) is 13.8 Å². The number of carbonyl (C=O) groups is 1. The van der Waals surface area contributed by atoms with Crippen LogP contribution in [0.5, 0.6) is 0 Å². The molecule has 3 rings (SSSR count). The number of anilines is 3. The van der Waals surface area contributed by atoms with E-state index in [4.69, 9.17) is 11.6 Å². The van der Waals surface area contributed by atoms with E-state index in [1.54, 1.807) is 24.5 Å². The maximum Gasteiger partial charge on any atom is 0.257 e. The second kappa shape index (κ2) is 7.36. The lowest BCUT2D eigenvalue weighted by molar-refractivity contribution is 0.102. The molecule has 3 aromatic rings. The van der Waals surface area contributed by atoms with Gasteiger partial charge in [-0.15, -0.1) is 0 Å². The van der Waals surface area contributed by atoms with Crippen LogP contribution in [0.15, 0.2) is 60.9 Å². The number of nitrogens with one attached hydrogen (secondary N) is 2. The smallest absolute Gasteiger partial charge is 0.257 e. The molecule has 0 bridgehead atoms. The van der Waals surface area contributed by atoms with Crippen LogP contribution >= 0.6 is 11.6 Å². The molecule has 126 valence electrons. The van der Waals surface area contributed by atoms with E-state index >= 15 is 0 Å². The molecule has 0 aliphatic rings. The van der Waals surface area contributed by atoms with Crippen molar-refractivity contribution >= 4 is 34.6 Å². The average molecular weight is 352 g/mol. The highest BCUT2D eigenvalue weighted by Crippen LogP contribution is 2.21. The summed E-state index contributed by atoms with van der Waals surface area (Å²) in [6, 6.07) is 14.9. The fourth-order valence-corrected chi connectivity index (χ4v) is 2.58. The van der Waals surface area contributed by atoms with Crippen molar-refractivity contribution in [2.45, 2.75) is 13.8 Å². The fourth-order valence-electron chi connectivity index (χ4n) is 2.39. The highest BCUT2D eigenvalue weighted by molar-refractivity contribution is 6.30. The van der Waals surface area contributed by atoms with Gasteiger partial charge in [0.15, 0.2) is 0 Å². The summed E-state index contributed by atoms with van der Waals surface area (Å²) in [5, 5.41) is 6.73. The van der Waals surface area contributed by atoms with Gasteiger partial charge < -0.3 is 10.6 Å². The monoisotopic (exact) mass is 351 g/mol. The number of nitrogens with zero attached hydrogens (tertiary/aromatic N) is 1. The number of hydrogen-bond acceptors (Lipinski definition) is 3. The Hall–Kier alpha value is -2.85. The van der Waals surface area contributed by atoms with Crippen LogP contribution in [-0.4, -0.2) is 10.9 Å². The molecule has 4 nitrogen and oxygen atoms in total. The van der Waals surface area contributed by atoms with Gasteiger partial charge >= 0.3 is 0 Å². The van der Waals surface area contributed by atoms with Crippen LogP contribution in [0.3, 0.4) is 0 Å². The third-order valence-electron chi connectivity index (χ3n) is 3.88. The van der Waals surface area contributed by atoms with Crippen molar-refractivity contribution in [1.29, 1.82) is 0 Å². The van der Waals surface area contributed by atoms with Gasteiger partial charge in [0.2, 0.25) is 0 Å². The Morgan fingerprint density at radius 2 is 1.76 bits per heavy atom. The van der Waals surface area contributed by atoms with Gasteiger partial charge in [-0.25, -0.2) is 0 Å². The lowest BCUT2D eigenvalue weighted by Crippen LogP contribution is -2.12. The summed E-state index contributed by atoms with van der Waals surface area (Å²) in [7, 11) is 0. The number of hydrogen-bond donors (Lipinski definition) is 2. The van der Waals surface area contributed by atoms with Crippen LogP contribution in [0.4, 0.5) is 17.1 Å². The SMILES string of the molecule is Cc1ccc(NC(=O)c2cncc(Nc3cccc(Cl)c3)c2)cc1C. The Bertz CT molecular complexity index is 924. The van der Waals surface area contributed by atoms with E-state index in [-0.39, 0.29) is 5.91 Å². The number of aryl methyl sites for hydroxylation is 2. The predicted octanol–water partition coefficient (Wildman–Crippen LogP) is 5.35. The zero-order chi connectivity index (χ0) is 17.8. The topological polar surface area (TPSA) is 54.0 Å². The first-order chi connectivity index (χ1) is 12.0. The molecule has 0 saturated heterocycles. The van der Waals surface area contributed by atoms with Crippen LogP contribution in [0.1, 0.15) is 21.5 Å². The standard InChI is InChI=1S/C20H18ClN3O/c1-13-6-7-18(8-14(13)2)24-20(25)15-9-19(12-22-11-15)23-17-5-3-4-16(21)10-17/h3-12,23H,1-2H3,(H,24,25). The zero-order valence-corrected chi connectivity index (χ0v) is 14.8. The van der Waals surface area contributed by atoms with E-state index in [0.717, 1.165) is 22.6 Å². The molecule has 1 aromatic heterocycles. The number of carbonyl (C=O) groups excluding carboxylic acids is 1. The molecule has 0 unspecified atom stereocenters. The summed E-state index contributed by atoms with van der Waals surface area (Å²) in [4.78, 5) is 16.6. The average Bonchev–Trinajstić information content (AvgIpc) is 2.58. The van der Waals surface area contributed by atoms with Gasteiger partial charge in [-0.3, -0.25) is 9.78 Å². The van der Waals surface area contributed by atoms with Gasteiger partial charge in [0.25, 0.3) is 5.91 Å². The van der Waals surface area contributed by atoms with E-state index in [1.807, 2.05) is 50.2 Å². The Morgan fingerprint density at radius 3 is 2.52 bits per heavy atom. The van der Waals surface area contributed by atoms with Crippen molar-refractivity contribution in [3.8, 4) is 0 Å². The maximum absolute atomic E-state index is 12.5. The molecule has 0 saturated carbocycles. The molecule has 1 amide bonds. The summed E-state index contributed by atoms with van der Waals surface area (Å²) >= 11 is 5.99. The number of amides is 1. The number of benzene rings is 2. The molecular formula is C20H18ClN3O. The van der Waals surface area contributed by atoms with E-state index < -0.39 is 0 Å². The summed E-state index contributed by atoms with van der Waals surface area (Å²) in [6.45, 7) is 4.05. The third-order valence-corrected chi connectivity index (χ3v) is 4.11. The molecule has 5 heteroatoms. The van der Waals surface area contributed by atoms with Crippen molar-refractivity contribution in [2.75, 3.05) is 10.6 Å². The van der Waals surface area contributed by atoms with Crippen molar-refractivity contribution in [1.82, 2.24) is 4.98 Å². The highest BCUT2D eigenvalue weighted by atomic mass is 35.5. The lowest BCUT2D eigenvalue weighted by atomic mass is 10.1. The molecular weight excluding hydrogens is 334 g/mol. The molecule has 0 spiro atoms. The number of pyridine rings is 1. The minimum Gasteiger partial charge on any atom is -0.354 e. The summed E-state index contributed by atoms with van der Waals surface area (Å²) < 4.78 is 0. The van der Waals surface area contributed by atoms with Crippen molar-refractivity contribution in [2.24, 2.45) is 0 Å². The Balaban J connectivity index is 1.76. The molecule has 0 aliphatic carbocycles. The summed E-state index contributed by atoms with van der Waals surface area (Å²) in [5.74, 6) is -0.203. The molecule has 0 fully saturated rings. The van der Waals surface area contributed by atoms with E-state index in [0.29, 0.717) is 10.6 Å². The first-order valence-corrected chi connectivity index (χ1v) is 8.25. The van der Waals surface area contributed by atoms with Gasteiger partial charge in [0, 0.05) is 22.6 Å². The molecule has 0 aliphatic heterocycles. The zero-order valence-electron chi connectivity index (χ0n) is 14.0. The molecule has 1 heterocycles.